The third kappa shape index (κ3) is 3.59. The van der Waals surface area contributed by atoms with Gasteiger partial charge in [0.15, 0.2) is 6.61 Å². The Hall–Kier alpha value is -2.21. The third-order valence-corrected chi connectivity index (χ3v) is 4.01. The first-order valence-electron chi connectivity index (χ1n) is 7.99. The average molecular weight is 315 g/mol. The lowest BCUT2D eigenvalue weighted by Crippen LogP contribution is -2.50. The van der Waals surface area contributed by atoms with E-state index in [1.165, 1.54) is 6.33 Å². The van der Waals surface area contributed by atoms with E-state index in [0.717, 1.165) is 23.7 Å². The van der Waals surface area contributed by atoms with Crippen LogP contribution in [-0.4, -0.2) is 53.2 Å². The summed E-state index contributed by atoms with van der Waals surface area (Å²) in [5.74, 6) is 0.429. The number of carbonyl (C=O) groups excluding carboxylic acids is 1. The Labute approximate surface area is 135 Å². The van der Waals surface area contributed by atoms with E-state index in [1.807, 2.05) is 29.2 Å². The molecule has 0 N–H and O–H groups in total. The Morgan fingerprint density at radius 2 is 2.26 bits per heavy atom. The molecular formula is C17H21N3O3. The summed E-state index contributed by atoms with van der Waals surface area (Å²) in [5, 5.41) is 0.815. The van der Waals surface area contributed by atoms with E-state index in [0.29, 0.717) is 25.6 Å². The van der Waals surface area contributed by atoms with Gasteiger partial charge < -0.3 is 14.4 Å². The van der Waals surface area contributed by atoms with Crippen LogP contribution in [0, 0.1) is 0 Å². The van der Waals surface area contributed by atoms with Gasteiger partial charge in [0.2, 0.25) is 5.88 Å². The Bertz CT molecular complexity index is 670. The quantitative estimate of drug-likeness (QED) is 0.845. The molecule has 1 fully saturated rings. The topological polar surface area (TPSA) is 64.5 Å². The fourth-order valence-electron chi connectivity index (χ4n) is 2.86. The molecule has 1 amide bonds. The fraction of sp³-hybridized carbons (Fsp3) is 0.471. The molecule has 1 unspecified atom stereocenters. The lowest BCUT2D eigenvalue weighted by Gasteiger charge is -2.35. The van der Waals surface area contributed by atoms with E-state index < -0.39 is 0 Å². The summed E-state index contributed by atoms with van der Waals surface area (Å²) in [6.45, 7) is 3.91. The van der Waals surface area contributed by atoms with Crippen LogP contribution in [0.15, 0.2) is 30.6 Å². The van der Waals surface area contributed by atoms with Crippen molar-refractivity contribution in [1.29, 1.82) is 0 Å². The summed E-state index contributed by atoms with van der Waals surface area (Å²) < 4.78 is 11.2. The molecule has 0 radical (unpaired) electrons. The lowest BCUT2D eigenvalue weighted by atomic mass is 10.1. The molecule has 0 spiro atoms. The van der Waals surface area contributed by atoms with E-state index in [4.69, 9.17) is 9.47 Å². The maximum absolute atomic E-state index is 12.5. The molecule has 122 valence electrons. The molecule has 1 aliphatic heterocycles. The number of hydrogen-bond acceptors (Lipinski definition) is 5. The molecule has 1 aromatic carbocycles. The van der Waals surface area contributed by atoms with Crippen LogP contribution in [-0.2, 0) is 9.53 Å². The van der Waals surface area contributed by atoms with Crippen molar-refractivity contribution >= 4 is 16.8 Å². The summed E-state index contributed by atoms with van der Waals surface area (Å²) in [6.07, 6.45) is 3.42. The van der Waals surface area contributed by atoms with E-state index in [9.17, 15) is 4.79 Å². The summed E-state index contributed by atoms with van der Waals surface area (Å²) in [5.41, 5.74) is 0.806. The van der Waals surface area contributed by atoms with Crippen LogP contribution >= 0.6 is 0 Å². The highest BCUT2D eigenvalue weighted by molar-refractivity contribution is 5.84. The largest absolute Gasteiger partial charge is 0.467 e. The number of benzene rings is 1. The van der Waals surface area contributed by atoms with Crippen LogP contribution < -0.4 is 4.74 Å². The maximum atomic E-state index is 12.5. The Morgan fingerprint density at radius 1 is 1.39 bits per heavy atom. The first-order chi connectivity index (χ1) is 11.3. The summed E-state index contributed by atoms with van der Waals surface area (Å²) >= 11 is 0. The molecule has 6 heteroatoms. The Kier molecular flexibility index (Phi) is 5.02. The van der Waals surface area contributed by atoms with Crippen LogP contribution in [0.4, 0.5) is 0 Å². The van der Waals surface area contributed by atoms with Crippen molar-refractivity contribution in [2.75, 3.05) is 26.4 Å². The third-order valence-electron chi connectivity index (χ3n) is 4.01. The minimum atomic E-state index is -0.0190. The number of rotatable bonds is 5. The number of ether oxygens (including phenoxy) is 2. The number of fused-ring (bicyclic) bond motifs is 1. The van der Waals surface area contributed by atoms with Gasteiger partial charge in [-0.3, -0.25) is 4.79 Å². The minimum absolute atomic E-state index is 0.0127. The van der Waals surface area contributed by atoms with Crippen LogP contribution in [0.3, 0.4) is 0 Å². The zero-order valence-corrected chi connectivity index (χ0v) is 13.3. The smallest absolute Gasteiger partial charge is 0.260 e. The fourth-order valence-corrected chi connectivity index (χ4v) is 2.86. The molecule has 1 aromatic heterocycles. The molecule has 1 atom stereocenters. The number of amides is 1. The van der Waals surface area contributed by atoms with Crippen LogP contribution in [0.2, 0.25) is 0 Å². The minimum Gasteiger partial charge on any atom is -0.467 e. The number of carbonyl (C=O) groups is 1. The molecule has 2 aromatic rings. The lowest BCUT2D eigenvalue weighted by molar-refractivity contribution is -0.142. The summed E-state index contributed by atoms with van der Waals surface area (Å²) in [7, 11) is 0. The van der Waals surface area contributed by atoms with Gasteiger partial charge in [-0.15, -0.1) is 0 Å². The van der Waals surface area contributed by atoms with Gasteiger partial charge in [0, 0.05) is 6.54 Å². The molecule has 2 heterocycles. The molecule has 1 aliphatic rings. The van der Waals surface area contributed by atoms with Crippen molar-refractivity contribution in [1.82, 2.24) is 14.9 Å². The van der Waals surface area contributed by atoms with Gasteiger partial charge in [-0.05, 0) is 18.6 Å². The Morgan fingerprint density at radius 3 is 3.13 bits per heavy atom. The normalized spacial score (nSPS) is 18.1. The van der Waals surface area contributed by atoms with Crippen molar-refractivity contribution in [3.8, 4) is 5.88 Å². The number of morpholine rings is 1. The highest BCUT2D eigenvalue weighted by Crippen LogP contribution is 2.21. The predicted octanol–water partition coefficient (Wildman–Crippen LogP) is 2.04. The van der Waals surface area contributed by atoms with Crippen molar-refractivity contribution in [2.24, 2.45) is 0 Å². The zero-order valence-electron chi connectivity index (χ0n) is 13.3. The number of nitrogens with zero attached hydrogens (tertiary/aromatic N) is 3. The van der Waals surface area contributed by atoms with E-state index in [1.54, 1.807) is 0 Å². The van der Waals surface area contributed by atoms with Crippen molar-refractivity contribution in [3.05, 3.63) is 30.6 Å². The van der Waals surface area contributed by atoms with E-state index >= 15 is 0 Å². The van der Waals surface area contributed by atoms with E-state index in [2.05, 4.69) is 16.9 Å². The van der Waals surface area contributed by atoms with Gasteiger partial charge in [0.1, 0.15) is 6.33 Å². The second-order valence-corrected chi connectivity index (χ2v) is 5.59. The predicted molar refractivity (Wildman–Crippen MR) is 86.3 cm³/mol. The summed E-state index contributed by atoms with van der Waals surface area (Å²) in [4.78, 5) is 22.7. The highest BCUT2D eigenvalue weighted by atomic mass is 16.5. The van der Waals surface area contributed by atoms with Crippen molar-refractivity contribution in [2.45, 2.75) is 25.8 Å². The van der Waals surface area contributed by atoms with E-state index in [-0.39, 0.29) is 18.6 Å². The average Bonchev–Trinajstić information content (AvgIpc) is 2.60. The van der Waals surface area contributed by atoms with Crippen molar-refractivity contribution < 1.29 is 14.3 Å². The van der Waals surface area contributed by atoms with Gasteiger partial charge in [-0.2, -0.15) is 0 Å². The SMILES string of the molecule is CCCC1COCCN1C(=O)COc1ncnc2ccccc12. The molecule has 3 rings (SSSR count). The zero-order chi connectivity index (χ0) is 16.1. The molecule has 6 nitrogen and oxygen atoms in total. The summed E-state index contributed by atoms with van der Waals surface area (Å²) in [6, 6.07) is 7.74. The Balaban J connectivity index is 1.68. The van der Waals surface area contributed by atoms with Gasteiger partial charge in [-0.1, -0.05) is 25.5 Å². The molecule has 0 bridgehead atoms. The number of para-hydroxylation sites is 1. The molecule has 0 aliphatic carbocycles. The number of hydrogen-bond donors (Lipinski definition) is 0. The monoisotopic (exact) mass is 315 g/mol. The molecular weight excluding hydrogens is 294 g/mol. The van der Waals surface area contributed by atoms with Crippen LogP contribution in [0.25, 0.3) is 10.9 Å². The van der Waals surface area contributed by atoms with Gasteiger partial charge in [0.25, 0.3) is 5.91 Å². The van der Waals surface area contributed by atoms with Gasteiger partial charge >= 0.3 is 0 Å². The standard InChI is InChI=1S/C17H21N3O3/c1-2-5-13-10-22-9-8-20(13)16(21)11-23-17-14-6-3-4-7-15(14)18-12-19-17/h3-4,6-7,12-13H,2,5,8-11H2,1H3. The van der Waals surface area contributed by atoms with Gasteiger partial charge in [0.05, 0.1) is 30.2 Å². The first-order valence-corrected chi connectivity index (χ1v) is 7.99. The molecule has 23 heavy (non-hydrogen) atoms. The number of aromatic nitrogens is 2. The highest BCUT2D eigenvalue weighted by Gasteiger charge is 2.26. The molecule has 1 saturated heterocycles. The van der Waals surface area contributed by atoms with Crippen molar-refractivity contribution in [3.63, 3.8) is 0 Å². The second-order valence-electron chi connectivity index (χ2n) is 5.59. The second kappa shape index (κ2) is 7.37. The first kappa shape index (κ1) is 15.7. The maximum Gasteiger partial charge on any atom is 0.260 e. The van der Waals surface area contributed by atoms with Crippen LogP contribution in [0.5, 0.6) is 5.88 Å². The van der Waals surface area contributed by atoms with Gasteiger partial charge in [-0.25, -0.2) is 9.97 Å². The molecule has 0 saturated carbocycles. The van der Waals surface area contributed by atoms with Crippen LogP contribution in [0.1, 0.15) is 19.8 Å².